The van der Waals surface area contributed by atoms with E-state index in [0.29, 0.717) is 5.02 Å². The van der Waals surface area contributed by atoms with Crippen molar-refractivity contribution in [2.45, 2.75) is 19.4 Å². The summed E-state index contributed by atoms with van der Waals surface area (Å²) in [7, 11) is 1.93. The normalized spacial score (nSPS) is 12.4. The van der Waals surface area contributed by atoms with Gasteiger partial charge in [0.2, 0.25) is 0 Å². The molecule has 0 aliphatic carbocycles. The first-order valence-corrected chi connectivity index (χ1v) is 6.41. The topological polar surface area (TPSA) is 24.9 Å². The summed E-state index contributed by atoms with van der Waals surface area (Å²) in [5, 5.41) is 3.99. The van der Waals surface area contributed by atoms with Crippen LogP contribution >= 0.6 is 11.6 Å². The smallest absolute Gasteiger partial charge is 0.0762 e. The van der Waals surface area contributed by atoms with Gasteiger partial charge in [-0.25, -0.2) is 0 Å². The van der Waals surface area contributed by atoms with Crippen LogP contribution < -0.4 is 5.32 Å². The summed E-state index contributed by atoms with van der Waals surface area (Å²) in [4.78, 5) is 4.37. The molecule has 1 unspecified atom stereocenters. The van der Waals surface area contributed by atoms with E-state index in [1.165, 1.54) is 11.1 Å². The zero-order valence-electron chi connectivity index (χ0n) is 10.7. The number of hydrogen-bond donors (Lipinski definition) is 1. The summed E-state index contributed by atoms with van der Waals surface area (Å²) in [5.41, 5.74) is 3.46. The van der Waals surface area contributed by atoms with Gasteiger partial charge in [0, 0.05) is 6.20 Å². The average molecular weight is 261 g/mol. The van der Waals surface area contributed by atoms with Crippen LogP contribution in [0.15, 0.2) is 42.6 Å². The Bertz CT molecular complexity index is 508. The molecule has 1 aromatic heterocycles. The Morgan fingerprint density at radius 1 is 1.22 bits per heavy atom. The SMILES string of the molecule is CNC(Cc1ccc(C)cc1)c1ncccc1Cl. The number of likely N-dealkylation sites (N-methyl/N-ethyl adjacent to an activating group) is 1. The lowest BCUT2D eigenvalue weighted by atomic mass is 10.0. The van der Waals surface area contributed by atoms with Crippen molar-refractivity contribution in [2.24, 2.45) is 0 Å². The number of aryl methyl sites for hydroxylation is 1. The Morgan fingerprint density at radius 2 is 1.94 bits per heavy atom. The number of hydrogen-bond acceptors (Lipinski definition) is 2. The summed E-state index contributed by atoms with van der Waals surface area (Å²) in [5.74, 6) is 0. The van der Waals surface area contributed by atoms with Crippen molar-refractivity contribution in [1.29, 1.82) is 0 Å². The third-order valence-electron chi connectivity index (χ3n) is 3.03. The van der Waals surface area contributed by atoms with E-state index in [9.17, 15) is 0 Å². The van der Waals surface area contributed by atoms with Gasteiger partial charge in [-0.2, -0.15) is 0 Å². The molecule has 3 heteroatoms. The molecule has 1 atom stereocenters. The van der Waals surface area contributed by atoms with Crippen molar-refractivity contribution in [3.05, 3.63) is 64.4 Å². The highest BCUT2D eigenvalue weighted by molar-refractivity contribution is 6.31. The second kappa shape index (κ2) is 5.98. The Kier molecular flexibility index (Phi) is 4.34. The van der Waals surface area contributed by atoms with Gasteiger partial charge in [-0.1, -0.05) is 41.4 Å². The molecule has 1 N–H and O–H groups in total. The molecular formula is C15H17ClN2. The molecule has 0 saturated carbocycles. The highest BCUT2D eigenvalue weighted by atomic mass is 35.5. The molecule has 2 aromatic rings. The molecule has 1 heterocycles. The molecule has 0 spiro atoms. The van der Waals surface area contributed by atoms with Gasteiger partial charge in [-0.15, -0.1) is 0 Å². The van der Waals surface area contributed by atoms with Gasteiger partial charge in [-0.3, -0.25) is 4.98 Å². The minimum Gasteiger partial charge on any atom is -0.311 e. The number of nitrogens with zero attached hydrogens (tertiary/aromatic N) is 1. The zero-order valence-corrected chi connectivity index (χ0v) is 11.4. The monoisotopic (exact) mass is 260 g/mol. The van der Waals surface area contributed by atoms with Crippen molar-refractivity contribution in [3.63, 3.8) is 0 Å². The molecular weight excluding hydrogens is 244 g/mol. The Balaban J connectivity index is 2.20. The molecule has 0 saturated heterocycles. The Hall–Kier alpha value is -1.38. The van der Waals surface area contributed by atoms with Crippen molar-refractivity contribution in [1.82, 2.24) is 10.3 Å². The Labute approximate surface area is 113 Å². The summed E-state index contributed by atoms with van der Waals surface area (Å²) in [6.07, 6.45) is 2.66. The van der Waals surface area contributed by atoms with E-state index in [1.54, 1.807) is 6.20 Å². The van der Waals surface area contributed by atoms with Gasteiger partial charge in [0.1, 0.15) is 0 Å². The van der Waals surface area contributed by atoms with Gasteiger partial charge in [0.25, 0.3) is 0 Å². The first-order chi connectivity index (χ1) is 8.70. The summed E-state index contributed by atoms with van der Waals surface area (Å²) in [6.45, 7) is 2.09. The van der Waals surface area contributed by atoms with Crippen LogP contribution in [0.3, 0.4) is 0 Å². The summed E-state index contributed by atoms with van der Waals surface area (Å²) in [6, 6.07) is 12.4. The van der Waals surface area contributed by atoms with E-state index in [2.05, 4.69) is 41.5 Å². The molecule has 1 aromatic carbocycles. The van der Waals surface area contributed by atoms with E-state index in [-0.39, 0.29) is 6.04 Å². The quantitative estimate of drug-likeness (QED) is 0.910. The minimum atomic E-state index is 0.140. The lowest BCUT2D eigenvalue weighted by Crippen LogP contribution is -2.20. The highest BCUT2D eigenvalue weighted by Crippen LogP contribution is 2.23. The van der Waals surface area contributed by atoms with Crippen LogP contribution in [0.1, 0.15) is 22.9 Å². The van der Waals surface area contributed by atoms with Gasteiger partial charge in [0.15, 0.2) is 0 Å². The van der Waals surface area contributed by atoms with Crippen LogP contribution in [0.5, 0.6) is 0 Å². The van der Waals surface area contributed by atoms with E-state index >= 15 is 0 Å². The fourth-order valence-electron chi connectivity index (χ4n) is 1.95. The van der Waals surface area contributed by atoms with Crippen molar-refractivity contribution in [2.75, 3.05) is 7.05 Å². The molecule has 0 amide bonds. The third-order valence-corrected chi connectivity index (χ3v) is 3.35. The molecule has 18 heavy (non-hydrogen) atoms. The number of aromatic nitrogens is 1. The van der Waals surface area contributed by atoms with Crippen LogP contribution in [0.2, 0.25) is 5.02 Å². The van der Waals surface area contributed by atoms with Gasteiger partial charge in [-0.05, 0) is 38.1 Å². The van der Waals surface area contributed by atoms with Crippen molar-refractivity contribution >= 4 is 11.6 Å². The van der Waals surface area contributed by atoms with Crippen LogP contribution in [-0.2, 0) is 6.42 Å². The predicted octanol–water partition coefficient (Wildman–Crippen LogP) is 3.55. The maximum Gasteiger partial charge on any atom is 0.0762 e. The zero-order chi connectivity index (χ0) is 13.0. The molecule has 0 aliphatic rings. The van der Waals surface area contributed by atoms with E-state index in [4.69, 9.17) is 11.6 Å². The van der Waals surface area contributed by atoms with E-state index in [1.807, 2.05) is 19.2 Å². The standard InChI is InChI=1S/C15H17ClN2/c1-11-5-7-12(8-6-11)10-14(17-2)15-13(16)4-3-9-18-15/h3-9,14,17H,10H2,1-2H3. The second-order valence-electron chi connectivity index (χ2n) is 4.40. The average Bonchev–Trinajstić information content (AvgIpc) is 2.39. The minimum absolute atomic E-state index is 0.140. The van der Waals surface area contributed by atoms with Crippen LogP contribution in [0.4, 0.5) is 0 Å². The van der Waals surface area contributed by atoms with Crippen molar-refractivity contribution < 1.29 is 0 Å². The highest BCUT2D eigenvalue weighted by Gasteiger charge is 2.14. The van der Waals surface area contributed by atoms with Crippen LogP contribution in [-0.4, -0.2) is 12.0 Å². The van der Waals surface area contributed by atoms with Crippen LogP contribution in [0.25, 0.3) is 0 Å². The first kappa shape index (κ1) is 13.1. The molecule has 0 radical (unpaired) electrons. The molecule has 0 bridgehead atoms. The maximum atomic E-state index is 6.19. The molecule has 94 valence electrons. The number of pyridine rings is 1. The lowest BCUT2D eigenvalue weighted by molar-refractivity contribution is 0.576. The predicted molar refractivity (Wildman–Crippen MR) is 75.9 cm³/mol. The number of benzene rings is 1. The fraction of sp³-hybridized carbons (Fsp3) is 0.267. The maximum absolute atomic E-state index is 6.19. The number of halogens is 1. The summed E-state index contributed by atoms with van der Waals surface area (Å²) >= 11 is 6.19. The van der Waals surface area contributed by atoms with Crippen molar-refractivity contribution in [3.8, 4) is 0 Å². The lowest BCUT2D eigenvalue weighted by Gasteiger charge is -2.17. The van der Waals surface area contributed by atoms with Crippen LogP contribution in [0, 0.1) is 6.92 Å². The third kappa shape index (κ3) is 3.09. The molecule has 0 aliphatic heterocycles. The summed E-state index contributed by atoms with van der Waals surface area (Å²) < 4.78 is 0. The van der Waals surface area contributed by atoms with E-state index in [0.717, 1.165) is 12.1 Å². The number of rotatable bonds is 4. The Morgan fingerprint density at radius 3 is 2.56 bits per heavy atom. The second-order valence-corrected chi connectivity index (χ2v) is 4.81. The fourth-order valence-corrected chi connectivity index (χ4v) is 2.20. The number of nitrogens with one attached hydrogen (secondary N) is 1. The van der Waals surface area contributed by atoms with Gasteiger partial charge in [0.05, 0.1) is 16.8 Å². The molecule has 2 rings (SSSR count). The molecule has 2 nitrogen and oxygen atoms in total. The molecule has 0 fully saturated rings. The van der Waals surface area contributed by atoms with Gasteiger partial charge < -0.3 is 5.32 Å². The first-order valence-electron chi connectivity index (χ1n) is 6.04. The van der Waals surface area contributed by atoms with Gasteiger partial charge >= 0.3 is 0 Å². The largest absolute Gasteiger partial charge is 0.311 e. The van der Waals surface area contributed by atoms with E-state index < -0.39 is 0 Å².